The van der Waals surface area contributed by atoms with Crippen LogP contribution in [0.25, 0.3) is 0 Å². The van der Waals surface area contributed by atoms with Crippen molar-refractivity contribution in [1.29, 1.82) is 0 Å². The first-order valence-corrected chi connectivity index (χ1v) is 4.36. The molecule has 12 heavy (non-hydrogen) atoms. The van der Waals surface area contributed by atoms with Crippen molar-refractivity contribution in [2.24, 2.45) is 5.92 Å². The first-order valence-electron chi connectivity index (χ1n) is 4.36. The number of likely N-dealkylation sites (N-methyl/N-ethyl adjacent to an activating group) is 1. The van der Waals surface area contributed by atoms with Crippen LogP contribution in [0.3, 0.4) is 0 Å². The summed E-state index contributed by atoms with van der Waals surface area (Å²) in [4.78, 5) is 2.01. The standard InChI is InChI=1S/C10H19NO/c1-5-6-11(4)10(8-12)7-9(2)3/h1,9-10,12H,6-8H2,2-4H3/t10-/m0/s1. The van der Waals surface area contributed by atoms with E-state index in [0.717, 1.165) is 6.42 Å². The zero-order valence-electron chi connectivity index (χ0n) is 8.25. The Morgan fingerprint density at radius 1 is 1.50 bits per heavy atom. The maximum Gasteiger partial charge on any atom is 0.0599 e. The second kappa shape index (κ2) is 6.05. The van der Waals surface area contributed by atoms with E-state index in [1.54, 1.807) is 0 Å². The van der Waals surface area contributed by atoms with Crippen molar-refractivity contribution in [1.82, 2.24) is 4.90 Å². The fourth-order valence-corrected chi connectivity index (χ4v) is 1.21. The Morgan fingerprint density at radius 3 is 2.42 bits per heavy atom. The highest BCUT2D eigenvalue weighted by Gasteiger charge is 2.13. The molecule has 0 fully saturated rings. The van der Waals surface area contributed by atoms with Crippen molar-refractivity contribution < 1.29 is 5.11 Å². The largest absolute Gasteiger partial charge is 0.395 e. The average Bonchev–Trinajstić information content (AvgIpc) is 2.00. The van der Waals surface area contributed by atoms with Gasteiger partial charge in [-0.1, -0.05) is 19.8 Å². The first-order chi connectivity index (χ1) is 5.61. The first kappa shape index (κ1) is 11.5. The van der Waals surface area contributed by atoms with E-state index in [0.29, 0.717) is 12.5 Å². The van der Waals surface area contributed by atoms with Crippen LogP contribution in [0.2, 0.25) is 0 Å². The van der Waals surface area contributed by atoms with Crippen molar-refractivity contribution >= 4 is 0 Å². The summed E-state index contributed by atoms with van der Waals surface area (Å²) in [5.74, 6) is 3.17. The number of hydrogen-bond acceptors (Lipinski definition) is 2. The Balaban J connectivity index is 3.88. The van der Waals surface area contributed by atoms with E-state index in [4.69, 9.17) is 11.5 Å². The molecule has 0 heterocycles. The summed E-state index contributed by atoms with van der Waals surface area (Å²) < 4.78 is 0. The topological polar surface area (TPSA) is 23.5 Å². The minimum absolute atomic E-state index is 0.191. The summed E-state index contributed by atoms with van der Waals surface area (Å²) in [5, 5.41) is 9.06. The summed E-state index contributed by atoms with van der Waals surface area (Å²) in [6.45, 7) is 5.09. The van der Waals surface area contributed by atoms with Crippen LogP contribution in [0.1, 0.15) is 20.3 Å². The minimum atomic E-state index is 0.191. The molecular weight excluding hydrogens is 150 g/mol. The van der Waals surface area contributed by atoms with E-state index < -0.39 is 0 Å². The number of hydrogen-bond donors (Lipinski definition) is 1. The second-order valence-electron chi connectivity index (χ2n) is 3.59. The Bertz CT molecular complexity index is 148. The van der Waals surface area contributed by atoms with Crippen molar-refractivity contribution in [2.45, 2.75) is 26.3 Å². The van der Waals surface area contributed by atoms with Crippen LogP contribution in [-0.2, 0) is 0 Å². The van der Waals surface area contributed by atoms with Gasteiger partial charge in [-0.2, -0.15) is 0 Å². The quantitative estimate of drug-likeness (QED) is 0.620. The molecule has 0 saturated carbocycles. The van der Waals surface area contributed by atoms with Gasteiger partial charge in [0, 0.05) is 6.04 Å². The van der Waals surface area contributed by atoms with Gasteiger partial charge in [0.2, 0.25) is 0 Å². The van der Waals surface area contributed by atoms with Crippen LogP contribution in [0.5, 0.6) is 0 Å². The molecule has 0 aromatic carbocycles. The smallest absolute Gasteiger partial charge is 0.0599 e. The maximum atomic E-state index is 9.06. The molecule has 0 aliphatic carbocycles. The molecule has 0 spiro atoms. The van der Waals surface area contributed by atoms with Gasteiger partial charge < -0.3 is 5.11 Å². The molecule has 0 aliphatic rings. The van der Waals surface area contributed by atoms with Gasteiger partial charge in [-0.05, 0) is 19.4 Å². The molecule has 1 atom stereocenters. The van der Waals surface area contributed by atoms with E-state index >= 15 is 0 Å². The molecule has 0 bridgehead atoms. The number of aliphatic hydroxyl groups is 1. The summed E-state index contributed by atoms with van der Waals surface area (Å²) >= 11 is 0. The van der Waals surface area contributed by atoms with Gasteiger partial charge in [-0.25, -0.2) is 0 Å². The molecule has 2 heteroatoms. The van der Waals surface area contributed by atoms with Crippen LogP contribution in [-0.4, -0.2) is 36.2 Å². The predicted molar refractivity (Wildman–Crippen MR) is 51.8 cm³/mol. The zero-order chi connectivity index (χ0) is 9.56. The van der Waals surface area contributed by atoms with Gasteiger partial charge in [0.25, 0.3) is 0 Å². The Kier molecular flexibility index (Phi) is 5.79. The van der Waals surface area contributed by atoms with Gasteiger partial charge in [0.1, 0.15) is 0 Å². The minimum Gasteiger partial charge on any atom is -0.395 e. The van der Waals surface area contributed by atoms with Crippen LogP contribution in [0.15, 0.2) is 0 Å². The van der Waals surface area contributed by atoms with Gasteiger partial charge in [0.15, 0.2) is 0 Å². The van der Waals surface area contributed by atoms with Crippen LogP contribution < -0.4 is 0 Å². The molecule has 0 radical (unpaired) electrons. The molecular formula is C10H19NO. The molecule has 1 N–H and O–H groups in total. The Labute approximate surface area is 75.6 Å². The van der Waals surface area contributed by atoms with E-state index in [-0.39, 0.29) is 12.6 Å². The number of nitrogens with zero attached hydrogens (tertiary/aromatic N) is 1. The molecule has 70 valence electrons. The number of rotatable bonds is 5. The van der Waals surface area contributed by atoms with Crippen molar-refractivity contribution in [3.05, 3.63) is 0 Å². The number of terminal acetylenes is 1. The maximum absolute atomic E-state index is 9.06. The van der Waals surface area contributed by atoms with Crippen molar-refractivity contribution in [2.75, 3.05) is 20.2 Å². The second-order valence-corrected chi connectivity index (χ2v) is 3.59. The van der Waals surface area contributed by atoms with E-state index in [2.05, 4.69) is 19.8 Å². The molecule has 0 rings (SSSR count). The summed E-state index contributed by atoms with van der Waals surface area (Å²) in [7, 11) is 1.95. The molecule has 0 aromatic rings. The van der Waals surface area contributed by atoms with Crippen LogP contribution in [0.4, 0.5) is 0 Å². The third kappa shape index (κ3) is 4.38. The van der Waals surface area contributed by atoms with Gasteiger partial charge in [-0.15, -0.1) is 6.42 Å². The molecule has 0 amide bonds. The van der Waals surface area contributed by atoms with Crippen LogP contribution in [0, 0.1) is 18.3 Å². The highest BCUT2D eigenvalue weighted by molar-refractivity contribution is 4.89. The lowest BCUT2D eigenvalue weighted by atomic mass is 10.0. The molecule has 0 unspecified atom stereocenters. The Hall–Kier alpha value is -0.520. The summed E-state index contributed by atoms with van der Waals surface area (Å²) in [6.07, 6.45) is 6.17. The third-order valence-corrected chi connectivity index (χ3v) is 1.92. The molecule has 0 saturated heterocycles. The van der Waals surface area contributed by atoms with E-state index in [1.165, 1.54) is 0 Å². The normalized spacial score (nSPS) is 13.4. The highest BCUT2D eigenvalue weighted by atomic mass is 16.3. The lowest BCUT2D eigenvalue weighted by Crippen LogP contribution is -2.36. The van der Waals surface area contributed by atoms with E-state index in [1.807, 2.05) is 11.9 Å². The highest BCUT2D eigenvalue weighted by Crippen LogP contribution is 2.08. The van der Waals surface area contributed by atoms with Crippen molar-refractivity contribution in [3.63, 3.8) is 0 Å². The van der Waals surface area contributed by atoms with Crippen LogP contribution >= 0.6 is 0 Å². The predicted octanol–water partition coefficient (Wildman–Crippen LogP) is 0.958. The fraction of sp³-hybridized carbons (Fsp3) is 0.800. The van der Waals surface area contributed by atoms with Gasteiger partial charge >= 0.3 is 0 Å². The van der Waals surface area contributed by atoms with Gasteiger partial charge in [0.05, 0.1) is 13.2 Å². The fourth-order valence-electron chi connectivity index (χ4n) is 1.21. The van der Waals surface area contributed by atoms with E-state index in [9.17, 15) is 0 Å². The number of aliphatic hydroxyl groups excluding tert-OH is 1. The van der Waals surface area contributed by atoms with Crippen molar-refractivity contribution in [3.8, 4) is 12.3 Å². The Morgan fingerprint density at radius 2 is 2.08 bits per heavy atom. The SMILES string of the molecule is C#CCN(C)[C@H](CO)CC(C)C. The molecule has 0 aliphatic heterocycles. The molecule has 2 nitrogen and oxygen atoms in total. The zero-order valence-corrected chi connectivity index (χ0v) is 8.25. The monoisotopic (exact) mass is 169 g/mol. The molecule has 0 aromatic heterocycles. The summed E-state index contributed by atoms with van der Waals surface area (Å²) in [5.41, 5.74) is 0. The summed E-state index contributed by atoms with van der Waals surface area (Å²) in [6, 6.07) is 0.209. The third-order valence-electron chi connectivity index (χ3n) is 1.92. The van der Waals surface area contributed by atoms with Gasteiger partial charge in [-0.3, -0.25) is 4.90 Å². The lowest BCUT2D eigenvalue weighted by Gasteiger charge is -2.25. The lowest BCUT2D eigenvalue weighted by molar-refractivity contribution is 0.141. The average molecular weight is 169 g/mol.